The van der Waals surface area contributed by atoms with Crippen LogP contribution in [0.1, 0.15) is 22.3 Å². The summed E-state index contributed by atoms with van der Waals surface area (Å²) >= 11 is 6.31. The van der Waals surface area contributed by atoms with Crippen molar-refractivity contribution in [3.05, 3.63) is 246 Å². The number of nitrogens with zero attached hydrogens (tertiary/aromatic N) is 9. The second kappa shape index (κ2) is 39.2. The maximum atomic E-state index is 14.4. The third-order valence-electron chi connectivity index (χ3n) is 16.4. The molecule has 0 amide bonds. The second-order valence-corrected chi connectivity index (χ2v) is 36.0. The Morgan fingerprint density at radius 1 is 0.267 bits per heavy atom. The van der Waals surface area contributed by atoms with Crippen molar-refractivity contribution >= 4 is 95.0 Å². The van der Waals surface area contributed by atoms with Gasteiger partial charge in [-0.1, -0.05) is 144 Å². The Labute approximate surface area is 650 Å². The average molecular weight is 1750 g/mol. The molecule has 0 saturated carbocycles. The van der Waals surface area contributed by atoms with Crippen LogP contribution in [0, 0.1) is 27.7 Å². The first-order valence-corrected chi connectivity index (χ1v) is 41.9. The van der Waals surface area contributed by atoms with Crippen LogP contribution in [-0.2, 0) is 101 Å². The van der Waals surface area contributed by atoms with Crippen molar-refractivity contribution < 1.29 is 91.4 Å². The van der Waals surface area contributed by atoms with E-state index < -0.39 is 60.1 Å². The molecule has 34 heteroatoms. The molecule has 9 rings (SSSR count). The zero-order chi connectivity index (χ0) is 73.8. The van der Waals surface area contributed by atoms with Crippen molar-refractivity contribution in [3.63, 3.8) is 0 Å². The van der Waals surface area contributed by atoms with Crippen molar-refractivity contribution in [2.45, 2.75) is 57.1 Å². The monoisotopic (exact) mass is 1750 g/mol. The van der Waals surface area contributed by atoms with Crippen LogP contribution in [0.15, 0.2) is 248 Å². The van der Waals surface area contributed by atoms with E-state index in [0.29, 0.717) is 37.6 Å². The summed E-state index contributed by atoms with van der Waals surface area (Å²) in [6.45, 7) is 7.38. The summed E-state index contributed by atoms with van der Waals surface area (Å²) in [6.07, 6.45) is 19.2. The Kier molecular flexibility index (Phi) is 31.9. The molecule has 2 aliphatic heterocycles. The molecule has 0 saturated heterocycles. The summed E-state index contributed by atoms with van der Waals surface area (Å²) in [5.41, 5.74) is 4.71. The van der Waals surface area contributed by atoms with Gasteiger partial charge in [0.1, 0.15) is 0 Å². The van der Waals surface area contributed by atoms with E-state index in [4.69, 9.17) is 11.6 Å². The summed E-state index contributed by atoms with van der Waals surface area (Å²) in [5.74, 6) is 0.347. The minimum absolute atomic E-state index is 0. The summed E-state index contributed by atoms with van der Waals surface area (Å²) in [5, 5.41) is 12.6. The van der Waals surface area contributed by atoms with E-state index in [1.165, 1.54) is 98.6 Å². The molecule has 0 atom stereocenters. The number of nitrogens with one attached hydrogen (secondary N) is 4. The summed E-state index contributed by atoms with van der Waals surface area (Å²) in [6, 6.07) is 38.1. The van der Waals surface area contributed by atoms with Gasteiger partial charge in [0.25, 0.3) is 0 Å². The third kappa shape index (κ3) is 23.5. The van der Waals surface area contributed by atoms with E-state index in [2.05, 4.69) is 36.2 Å². The van der Waals surface area contributed by atoms with Crippen molar-refractivity contribution in [2.24, 2.45) is 0 Å². The summed E-state index contributed by atoms with van der Waals surface area (Å²) in [7, 11) is -24.5. The Balaban J connectivity index is 0.00000770. The molecule has 25 nitrogen and oxygen atoms in total. The molecular weight excluding hydrogens is 1670 g/mol. The normalized spacial score (nSPS) is 18.0. The van der Waals surface area contributed by atoms with Crippen LogP contribution in [0.25, 0.3) is 0 Å². The zero-order valence-electron chi connectivity index (χ0n) is 58.0. The molecule has 3 heterocycles. The maximum Gasteiger partial charge on any atom is 0.243 e. The molecule has 0 aliphatic carbocycles. The van der Waals surface area contributed by atoms with Gasteiger partial charge in [0.2, 0.25) is 77.3 Å². The Bertz CT molecular complexity index is 4440. The number of aromatic nitrogens is 3. The van der Waals surface area contributed by atoms with E-state index in [1.807, 2.05) is 27.7 Å². The van der Waals surface area contributed by atoms with Crippen LogP contribution < -0.4 is 21.3 Å². The molecule has 2 aliphatic rings. The summed E-state index contributed by atoms with van der Waals surface area (Å²) < 4.78 is 176. The van der Waals surface area contributed by atoms with Gasteiger partial charge in [-0.2, -0.15) is 40.8 Å². The van der Waals surface area contributed by atoms with Gasteiger partial charge in [0.15, 0.2) is 0 Å². The van der Waals surface area contributed by atoms with E-state index in [1.54, 1.807) is 146 Å². The number of sulfonamides is 6. The average Bonchev–Trinajstić information content (AvgIpc) is 1.36. The third-order valence-corrected chi connectivity index (χ3v) is 27.7. The number of hydrogen-bond donors (Lipinski definition) is 4. The molecule has 0 spiro atoms. The number of rotatable bonds is 22. The van der Waals surface area contributed by atoms with Gasteiger partial charge in [-0.25, -0.2) is 50.5 Å². The first-order chi connectivity index (χ1) is 49.1. The predicted octanol–water partition coefficient (Wildman–Crippen LogP) is 8.91. The SMILES string of the molecule is Cc1ccc(S(=O)(=O)N2C/C=C/CN(S(=O)(=O)c3ccc(C)cc3)C/C=C/CN(S(=O)(=O)c3ccc(NCCNc4nc(Cl)nc(NCCNc5ccc(S(=O)(=O)N6C/C=C/CN(S(=O)(=O)c7ccc(C)cc7)C/C=C/CN(S(=O)(=O)c7ccc(C)cc7)C/C=C/C6)cc5)n4)cc3)C/C=C/C2)cc1.[Pd].[Pd]. The molecule has 0 fully saturated rings. The van der Waals surface area contributed by atoms with Crippen molar-refractivity contribution in [1.82, 2.24) is 40.8 Å². The largest absolute Gasteiger partial charge is 0.383 e. The number of aryl methyl sites for hydroxylation is 4. The molecule has 0 radical (unpaired) electrons. The molecule has 105 heavy (non-hydrogen) atoms. The smallest absolute Gasteiger partial charge is 0.243 e. The fourth-order valence-electron chi connectivity index (χ4n) is 10.4. The molecule has 7 aromatic rings. The van der Waals surface area contributed by atoms with Gasteiger partial charge in [-0.15, -0.1) is 0 Å². The van der Waals surface area contributed by atoms with Crippen molar-refractivity contribution in [1.29, 1.82) is 0 Å². The molecule has 4 N–H and O–H groups in total. The Morgan fingerprint density at radius 3 is 0.610 bits per heavy atom. The van der Waals surface area contributed by atoms with Crippen LogP contribution in [0.5, 0.6) is 0 Å². The van der Waals surface area contributed by atoms with E-state index in [9.17, 15) is 50.5 Å². The van der Waals surface area contributed by atoms with Gasteiger partial charge in [0.05, 0.1) is 29.4 Å². The standard InChI is InChI=1S/C71H84ClN13O12S6.2Pd/c1-57-17-29-63(30-18-57)98(86,87)80-45-5-6-46-81(99(88,89)64-31-19-58(2)20-32-64)50-10-14-54-84(53-13-9-49-80)102(94,95)67-37-25-61(26-38-67)73-41-43-75-70-77-69(72)78-71(79-70)76-44-42-74-62-27-39-68(40-28-62)103(96,97)85-55-15-11-51-82(100(90,91)65-33-21-59(3)22-34-65)47-7-8-48-83(52-12-16-56-85)101(92,93)66-35-23-60(4)24-36-66;;/h5-40,73-74H,41-56H2,1-4H3,(H2,75,76,77,78,79);;/b6-5+,8-7+,13-9+,14-10+,15-11+,16-12+;;. The van der Waals surface area contributed by atoms with Crippen molar-refractivity contribution in [2.75, 3.05) is 126 Å². The van der Waals surface area contributed by atoms with Crippen LogP contribution in [-0.4, -0.2) is 196 Å². The van der Waals surface area contributed by atoms with Crippen LogP contribution in [0.2, 0.25) is 5.28 Å². The molecule has 568 valence electrons. The Morgan fingerprint density at radius 2 is 0.429 bits per heavy atom. The fraction of sp³-hybridized carbons (Fsp3) is 0.282. The predicted molar refractivity (Wildman–Crippen MR) is 404 cm³/mol. The first-order valence-electron chi connectivity index (χ1n) is 32.9. The van der Waals surface area contributed by atoms with Crippen LogP contribution in [0.4, 0.5) is 23.3 Å². The minimum atomic E-state index is -4.18. The van der Waals surface area contributed by atoms with Gasteiger partial charge >= 0.3 is 0 Å². The van der Waals surface area contributed by atoms with E-state index >= 15 is 0 Å². The second-order valence-electron chi connectivity index (χ2n) is 24.0. The quantitative estimate of drug-likeness (QED) is 0.0279. The Hall–Kier alpha value is -6.96. The van der Waals surface area contributed by atoms with Gasteiger partial charge in [-0.05, 0) is 136 Å². The minimum Gasteiger partial charge on any atom is -0.383 e. The molecule has 1 aromatic heterocycles. The van der Waals surface area contributed by atoms with Crippen LogP contribution in [0.3, 0.4) is 0 Å². The van der Waals surface area contributed by atoms with Crippen molar-refractivity contribution in [3.8, 4) is 0 Å². The molecular formula is C71H84ClN13O12Pd2S6. The molecule has 6 aromatic carbocycles. The van der Waals surface area contributed by atoms with Crippen LogP contribution >= 0.6 is 11.6 Å². The number of anilines is 4. The number of hydrogen-bond acceptors (Lipinski definition) is 19. The summed E-state index contributed by atoms with van der Waals surface area (Å²) in [4.78, 5) is 13.1. The number of benzene rings is 6. The van der Waals surface area contributed by atoms with E-state index in [0.717, 1.165) is 22.3 Å². The first kappa shape index (κ1) is 85.3. The fourth-order valence-corrected chi connectivity index (χ4v) is 18.6. The maximum absolute atomic E-state index is 14.4. The van der Waals surface area contributed by atoms with Gasteiger partial charge in [-0.3, -0.25) is 0 Å². The number of halogens is 1. The topological polar surface area (TPSA) is 311 Å². The van der Waals surface area contributed by atoms with E-state index in [-0.39, 0.29) is 166 Å². The molecule has 0 bridgehead atoms. The molecule has 0 unspecified atom stereocenters. The zero-order valence-corrected chi connectivity index (χ0v) is 66.7. The van der Waals surface area contributed by atoms with Gasteiger partial charge in [0, 0.05) is 157 Å². The van der Waals surface area contributed by atoms with Gasteiger partial charge < -0.3 is 21.3 Å².